The lowest BCUT2D eigenvalue weighted by molar-refractivity contribution is 0.0580. The van der Waals surface area contributed by atoms with E-state index >= 15 is 0 Å². The van der Waals surface area contributed by atoms with Crippen LogP contribution in [-0.4, -0.2) is 30.9 Å². The molecule has 2 rings (SSSR count). The lowest BCUT2D eigenvalue weighted by Crippen LogP contribution is -2.11. The molecule has 1 aromatic rings. The Hall–Kier alpha value is -2.31. The molecule has 1 aliphatic heterocycles. The van der Waals surface area contributed by atoms with Gasteiger partial charge in [-0.3, -0.25) is 0 Å². The van der Waals surface area contributed by atoms with Crippen LogP contribution in [0.5, 0.6) is 11.5 Å². The van der Waals surface area contributed by atoms with Gasteiger partial charge in [-0.25, -0.2) is 14.0 Å². The van der Waals surface area contributed by atoms with E-state index in [2.05, 4.69) is 4.74 Å². The van der Waals surface area contributed by atoms with E-state index in [1.807, 2.05) is 0 Å². The van der Waals surface area contributed by atoms with Gasteiger partial charge in [0, 0.05) is 0 Å². The van der Waals surface area contributed by atoms with E-state index in [4.69, 9.17) is 14.6 Å². The van der Waals surface area contributed by atoms with Crippen molar-refractivity contribution < 1.29 is 33.3 Å². The zero-order valence-corrected chi connectivity index (χ0v) is 8.65. The third-order valence-electron chi connectivity index (χ3n) is 2.22. The molecule has 6 nitrogen and oxygen atoms in total. The van der Waals surface area contributed by atoms with Crippen LogP contribution >= 0.6 is 0 Å². The zero-order valence-electron chi connectivity index (χ0n) is 8.65. The van der Waals surface area contributed by atoms with Gasteiger partial charge >= 0.3 is 11.9 Å². The van der Waals surface area contributed by atoms with Gasteiger partial charge < -0.3 is 19.3 Å². The van der Waals surface area contributed by atoms with Crippen molar-refractivity contribution in [3.8, 4) is 11.5 Å². The number of hydrogen-bond acceptors (Lipinski definition) is 5. The zero-order chi connectivity index (χ0) is 12.6. The molecule has 0 aromatic heterocycles. The quantitative estimate of drug-likeness (QED) is 0.780. The number of hydrogen-bond donors (Lipinski definition) is 1. The van der Waals surface area contributed by atoms with Gasteiger partial charge in [0.1, 0.15) is 5.56 Å². The lowest BCUT2D eigenvalue weighted by atomic mass is 10.1. The topological polar surface area (TPSA) is 82.1 Å². The average Bonchev–Trinajstić information content (AvgIpc) is 2.76. The summed E-state index contributed by atoms with van der Waals surface area (Å²) in [5, 5.41) is 9.00. The second-order valence-electron chi connectivity index (χ2n) is 3.14. The number of carboxylic acid groups (broad SMARTS) is 1. The van der Waals surface area contributed by atoms with Crippen LogP contribution in [0.3, 0.4) is 0 Å². The van der Waals surface area contributed by atoms with E-state index in [1.54, 1.807) is 0 Å². The minimum Gasteiger partial charge on any atom is -0.478 e. The molecule has 0 aliphatic carbocycles. The van der Waals surface area contributed by atoms with Gasteiger partial charge in [-0.15, -0.1) is 0 Å². The van der Waals surface area contributed by atoms with Gasteiger partial charge in [0.2, 0.25) is 12.5 Å². The molecule has 1 N–H and O–H groups in total. The smallest absolute Gasteiger partial charge is 0.340 e. The Kier molecular flexibility index (Phi) is 2.58. The first-order valence-electron chi connectivity index (χ1n) is 4.50. The molecule has 17 heavy (non-hydrogen) atoms. The van der Waals surface area contributed by atoms with Crippen molar-refractivity contribution in [2.75, 3.05) is 13.9 Å². The number of carbonyl (C=O) groups is 2. The molecule has 1 heterocycles. The highest BCUT2D eigenvalue weighted by Gasteiger charge is 2.32. The number of benzene rings is 1. The summed E-state index contributed by atoms with van der Waals surface area (Å²) in [6, 6.07) is 0.753. The van der Waals surface area contributed by atoms with E-state index in [0.29, 0.717) is 0 Å². The Balaban J connectivity index is 2.71. The van der Waals surface area contributed by atoms with Crippen LogP contribution in [0.1, 0.15) is 20.7 Å². The molecule has 0 amide bonds. The number of carboxylic acids is 1. The lowest BCUT2D eigenvalue weighted by Gasteiger charge is -2.07. The summed E-state index contributed by atoms with van der Waals surface area (Å²) in [7, 11) is 1.07. The molecule has 1 aromatic carbocycles. The van der Waals surface area contributed by atoms with E-state index < -0.39 is 28.9 Å². The van der Waals surface area contributed by atoms with Crippen molar-refractivity contribution in [2.24, 2.45) is 0 Å². The van der Waals surface area contributed by atoms with Crippen LogP contribution in [0.25, 0.3) is 0 Å². The predicted molar refractivity (Wildman–Crippen MR) is 50.8 cm³/mol. The van der Waals surface area contributed by atoms with Crippen molar-refractivity contribution in [1.82, 2.24) is 0 Å². The van der Waals surface area contributed by atoms with Crippen molar-refractivity contribution in [3.05, 3.63) is 23.0 Å². The summed E-state index contributed by atoms with van der Waals surface area (Å²) >= 11 is 0. The molecule has 7 heteroatoms. The molecular formula is C10H7FO6. The highest BCUT2D eigenvalue weighted by atomic mass is 19.1. The molecular weight excluding hydrogens is 235 g/mol. The molecule has 0 unspecified atom stereocenters. The fourth-order valence-electron chi connectivity index (χ4n) is 1.51. The number of fused-ring (bicyclic) bond motifs is 1. The summed E-state index contributed by atoms with van der Waals surface area (Å²) < 4.78 is 27.5. The van der Waals surface area contributed by atoms with Gasteiger partial charge in [-0.05, 0) is 6.07 Å². The molecule has 0 radical (unpaired) electrons. The maximum Gasteiger partial charge on any atom is 0.340 e. The summed E-state index contributed by atoms with van der Waals surface area (Å²) in [5.41, 5.74) is -0.882. The minimum absolute atomic E-state index is 0.294. The SMILES string of the molecule is COC(=O)c1cc(F)c2c(c1C(=O)O)OCO2. The summed E-state index contributed by atoms with van der Waals surface area (Å²) in [6.07, 6.45) is 0. The van der Waals surface area contributed by atoms with Crippen LogP contribution in [0.2, 0.25) is 0 Å². The minimum atomic E-state index is -1.42. The Bertz CT molecular complexity index is 510. The molecule has 0 saturated heterocycles. The van der Waals surface area contributed by atoms with Gasteiger partial charge in [0.15, 0.2) is 11.6 Å². The normalized spacial score (nSPS) is 12.4. The fraction of sp³-hybridized carbons (Fsp3) is 0.200. The molecule has 1 aliphatic rings. The molecule has 0 bridgehead atoms. The molecule has 0 fully saturated rings. The van der Waals surface area contributed by atoms with E-state index in [-0.39, 0.29) is 18.3 Å². The Morgan fingerprint density at radius 3 is 2.65 bits per heavy atom. The maximum atomic E-state index is 13.5. The van der Waals surface area contributed by atoms with Crippen LogP contribution in [0.15, 0.2) is 6.07 Å². The second-order valence-corrected chi connectivity index (χ2v) is 3.14. The highest BCUT2D eigenvalue weighted by molar-refractivity contribution is 6.05. The first-order valence-corrected chi connectivity index (χ1v) is 4.50. The standard InChI is InChI=1S/C10H7FO6/c1-15-10(14)4-2-5(11)7-8(17-3-16-7)6(4)9(12)13/h2H,3H2,1H3,(H,12,13). The average molecular weight is 242 g/mol. The largest absolute Gasteiger partial charge is 0.478 e. The van der Waals surface area contributed by atoms with E-state index in [1.165, 1.54) is 0 Å². The number of halogens is 1. The third kappa shape index (κ3) is 1.65. The monoisotopic (exact) mass is 242 g/mol. The summed E-state index contributed by atoms with van der Waals surface area (Å²) in [6.45, 7) is -0.294. The van der Waals surface area contributed by atoms with Crippen LogP contribution < -0.4 is 9.47 Å². The Labute approximate surface area is 94.5 Å². The Morgan fingerprint density at radius 2 is 2.06 bits per heavy atom. The molecule has 0 saturated carbocycles. The van der Waals surface area contributed by atoms with Crippen molar-refractivity contribution in [2.45, 2.75) is 0 Å². The van der Waals surface area contributed by atoms with Gasteiger partial charge in [0.25, 0.3) is 0 Å². The maximum absolute atomic E-state index is 13.5. The van der Waals surface area contributed by atoms with Crippen LogP contribution in [0.4, 0.5) is 4.39 Å². The highest BCUT2D eigenvalue weighted by Crippen LogP contribution is 2.40. The van der Waals surface area contributed by atoms with E-state index in [9.17, 15) is 14.0 Å². The Morgan fingerprint density at radius 1 is 1.41 bits per heavy atom. The first kappa shape index (κ1) is 11.2. The van der Waals surface area contributed by atoms with Crippen molar-refractivity contribution in [1.29, 1.82) is 0 Å². The molecule has 90 valence electrons. The fourth-order valence-corrected chi connectivity index (χ4v) is 1.51. The molecule has 0 atom stereocenters. The number of aromatic carboxylic acids is 1. The van der Waals surface area contributed by atoms with Crippen molar-refractivity contribution in [3.63, 3.8) is 0 Å². The van der Waals surface area contributed by atoms with Gasteiger partial charge in [0.05, 0.1) is 12.7 Å². The number of ether oxygens (including phenoxy) is 3. The van der Waals surface area contributed by atoms with Gasteiger partial charge in [-0.2, -0.15) is 0 Å². The van der Waals surface area contributed by atoms with Gasteiger partial charge in [-0.1, -0.05) is 0 Å². The van der Waals surface area contributed by atoms with E-state index in [0.717, 1.165) is 13.2 Å². The summed E-state index contributed by atoms with van der Waals surface area (Å²) in [5.74, 6) is -3.86. The molecule has 0 spiro atoms. The summed E-state index contributed by atoms with van der Waals surface area (Å²) in [4.78, 5) is 22.4. The second kappa shape index (κ2) is 3.93. The van der Waals surface area contributed by atoms with Crippen LogP contribution in [0, 0.1) is 5.82 Å². The number of esters is 1. The third-order valence-corrected chi connectivity index (χ3v) is 2.22. The predicted octanol–water partition coefficient (Wildman–Crippen LogP) is 1.04. The number of rotatable bonds is 2. The van der Waals surface area contributed by atoms with Crippen LogP contribution in [-0.2, 0) is 4.74 Å². The first-order chi connectivity index (χ1) is 8.06. The number of methoxy groups -OCH3 is 1. The van der Waals surface area contributed by atoms with Crippen molar-refractivity contribution >= 4 is 11.9 Å². The number of carbonyl (C=O) groups excluding carboxylic acids is 1.